The average Bonchev–Trinajstić information content (AvgIpc) is 2.36. The van der Waals surface area contributed by atoms with Crippen LogP contribution < -0.4 is 0 Å². The second-order valence-electron chi connectivity index (χ2n) is 3.60. The minimum atomic E-state index is 0.279. The highest BCUT2D eigenvalue weighted by Gasteiger charge is 2.11. The van der Waals surface area contributed by atoms with Crippen LogP contribution in [0.3, 0.4) is 0 Å². The van der Waals surface area contributed by atoms with Gasteiger partial charge in [0.1, 0.15) is 0 Å². The van der Waals surface area contributed by atoms with Crippen molar-refractivity contribution in [2.24, 2.45) is 0 Å². The Morgan fingerprint density at radius 1 is 1.17 bits per heavy atom. The van der Waals surface area contributed by atoms with Crippen molar-refractivity contribution < 1.29 is 0 Å². The first kappa shape index (κ1) is 13.2. The molecule has 5 heteroatoms. The SMILES string of the molecule is N#CCc1cccnc1-c1cc(Cl)c(Cl)c(Cl)c1. The lowest BCUT2D eigenvalue weighted by Crippen LogP contribution is -1.92. The number of rotatable bonds is 2. The van der Waals surface area contributed by atoms with E-state index in [1.807, 2.05) is 6.07 Å². The van der Waals surface area contributed by atoms with Gasteiger partial charge in [-0.3, -0.25) is 4.98 Å². The van der Waals surface area contributed by atoms with Crippen LogP contribution in [-0.4, -0.2) is 4.98 Å². The van der Waals surface area contributed by atoms with Gasteiger partial charge in [0.2, 0.25) is 0 Å². The predicted molar refractivity (Wildman–Crippen MR) is 74.0 cm³/mol. The summed E-state index contributed by atoms with van der Waals surface area (Å²) in [6.45, 7) is 0. The van der Waals surface area contributed by atoms with Gasteiger partial charge in [-0.05, 0) is 23.8 Å². The number of hydrogen-bond acceptors (Lipinski definition) is 2. The Labute approximate surface area is 120 Å². The summed E-state index contributed by atoms with van der Waals surface area (Å²) in [7, 11) is 0. The van der Waals surface area contributed by atoms with E-state index in [2.05, 4.69) is 11.1 Å². The van der Waals surface area contributed by atoms with E-state index in [1.54, 1.807) is 24.4 Å². The number of benzene rings is 1. The number of aromatic nitrogens is 1. The molecule has 0 saturated carbocycles. The molecular weight excluding hydrogens is 291 g/mol. The average molecular weight is 298 g/mol. The highest BCUT2D eigenvalue weighted by Crippen LogP contribution is 2.35. The summed E-state index contributed by atoms with van der Waals surface area (Å²) in [6.07, 6.45) is 1.94. The molecule has 0 fully saturated rings. The van der Waals surface area contributed by atoms with E-state index in [9.17, 15) is 0 Å². The molecule has 2 nitrogen and oxygen atoms in total. The van der Waals surface area contributed by atoms with Crippen LogP contribution in [-0.2, 0) is 6.42 Å². The van der Waals surface area contributed by atoms with Crippen molar-refractivity contribution in [3.63, 3.8) is 0 Å². The Balaban J connectivity index is 2.59. The van der Waals surface area contributed by atoms with Gasteiger partial charge in [0.15, 0.2) is 0 Å². The molecule has 0 amide bonds. The summed E-state index contributed by atoms with van der Waals surface area (Å²) in [5, 5.41) is 9.85. The van der Waals surface area contributed by atoms with Crippen LogP contribution in [0.15, 0.2) is 30.5 Å². The summed E-state index contributed by atoms with van der Waals surface area (Å²) in [5.74, 6) is 0. The van der Waals surface area contributed by atoms with Crippen molar-refractivity contribution in [2.75, 3.05) is 0 Å². The van der Waals surface area contributed by atoms with E-state index >= 15 is 0 Å². The molecule has 0 atom stereocenters. The van der Waals surface area contributed by atoms with Crippen molar-refractivity contribution in [1.29, 1.82) is 5.26 Å². The second kappa shape index (κ2) is 5.58. The quantitative estimate of drug-likeness (QED) is 0.748. The topological polar surface area (TPSA) is 36.7 Å². The summed E-state index contributed by atoms with van der Waals surface area (Å²) < 4.78 is 0. The van der Waals surface area contributed by atoms with Crippen molar-refractivity contribution >= 4 is 34.8 Å². The molecule has 0 aliphatic heterocycles. The van der Waals surface area contributed by atoms with Gasteiger partial charge in [0.05, 0.1) is 33.3 Å². The first-order chi connectivity index (χ1) is 8.63. The zero-order valence-corrected chi connectivity index (χ0v) is 11.4. The molecule has 0 radical (unpaired) electrons. The lowest BCUT2D eigenvalue weighted by molar-refractivity contribution is 1.20. The maximum absolute atomic E-state index is 8.79. The molecule has 2 aromatic rings. The van der Waals surface area contributed by atoms with E-state index in [1.165, 1.54) is 0 Å². The predicted octanol–water partition coefficient (Wildman–Crippen LogP) is 4.77. The van der Waals surface area contributed by atoms with Gasteiger partial charge in [-0.2, -0.15) is 5.26 Å². The fourth-order valence-electron chi connectivity index (χ4n) is 1.62. The Hall–Kier alpha value is -1.27. The van der Waals surface area contributed by atoms with Crippen molar-refractivity contribution in [3.05, 3.63) is 51.1 Å². The molecule has 0 spiro atoms. The van der Waals surface area contributed by atoms with Gasteiger partial charge in [0, 0.05) is 11.8 Å². The van der Waals surface area contributed by atoms with Gasteiger partial charge in [-0.15, -0.1) is 0 Å². The van der Waals surface area contributed by atoms with Crippen LogP contribution in [0.5, 0.6) is 0 Å². The maximum Gasteiger partial charge on any atom is 0.0778 e. The standard InChI is InChI=1S/C13H7Cl3N2/c14-10-6-9(7-11(15)12(10)16)13-8(3-4-17)2-1-5-18-13/h1-2,5-7H,3H2. The molecule has 18 heavy (non-hydrogen) atoms. The van der Waals surface area contributed by atoms with E-state index in [0.717, 1.165) is 11.1 Å². The molecule has 1 aromatic carbocycles. The number of pyridine rings is 1. The first-order valence-electron chi connectivity index (χ1n) is 5.09. The number of hydrogen-bond donors (Lipinski definition) is 0. The van der Waals surface area contributed by atoms with E-state index in [0.29, 0.717) is 20.8 Å². The fraction of sp³-hybridized carbons (Fsp3) is 0.0769. The highest BCUT2D eigenvalue weighted by molar-refractivity contribution is 6.48. The molecule has 1 heterocycles. The van der Waals surface area contributed by atoms with Crippen LogP contribution >= 0.6 is 34.8 Å². The molecule has 0 aliphatic rings. The molecule has 0 bridgehead atoms. The Bertz CT molecular complexity index is 609. The normalized spacial score (nSPS) is 10.1. The minimum absolute atomic E-state index is 0.279. The van der Waals surface area contributed by atoms with Crippen LogP contribution in [0, 0.1) is 11.3 Å². The summed E-state index contributed by atoms with van der Waals surface area (Å²) >= 11 is 17.9. The third-order valence-corrected chi connectivity index (χ3v) is 3.61. The van der Waals surface area contributed by atoms with Crippen LogP contribution in [0.1, 0.15) is 5.56 Å². The lowest BCUT2D eigenvalue weighted by Gasteiger charge is -2.08. The van der Waals surface area contributed by atoms with Gasteiger partial charge < -0.3 is 0 Å². The molecule has 0 aliphatic carbocycles. The van der Waals surface area contributed by atoms with Crippen molar-refractivity contribution in [2.45, 2.75) is 6.42 Å². The van der Waals surface area contributed by atoms with Crippen LogP contribution in [0.2, 0.25) is 15.1 Å². The first-order valence-corrected chi connectivity index (χ1v) is 6.22. The third-order valence-electron chi connectivity index (χ3n) is 2.42. The van der Waals surface area contributed by atoms with E-state index in [-0.39, 0.29) is 6.42 Å². The van der Waals surface area contributed by atoms with Gasteiger partial charge in [-0.1, -0.05) is 40.9 Å². The molecule has 0 saturated heterocycles. The van der Waals surface area contributed by atoms with E-state index in [4.69, 9.17) is 40.1 Å². The third kappa shape index (κ3) is 2.59. The maximum atomic E-state index is 8.79. The smallest absolute Gasteiger partial charge is 0.0778 e. The van der Waals surface area contributed by atoms with Crippen LogP contribution in [0.25, 0.3) is 11.3 Å². The largest absolute Gasteiger partial charge is 0.256 e. The van der Waals surface area contributed by atoms with Crippen molar-refractivity contribution in [3.8, 4) is 17.3 Å². The monoisotopic (exact) mass is 296 g/mol. The molecule has 2 rings (SSSR count). The van der Waals surface area contributed by atoms with E-state index < -0.39 is 0 Å². The number of nitriles is 1. The van der Waals surface area contributed by atoms with Crippen molar-refractivity contribution in [1.82, 2.24) is 4.98 Å². The molecule has 0 N–H and O–H groups in total. The van der Waals surface area contributed by atoms with Crippen LogP contribution in [0.4, 0.5) is 0 Å². The summed E-state index contributed by atoms with van der Waals surface area (Å²) in [4.78, 5) is 4.27. The summed E-state index contributed by atoms with van der Waals surface area (Å²) in [6, 6.07) is 9.13. The van der Waals surface area contributed by atoms with Gasteiger partial charge in [-0.25, -0.2) is 0 Å². The van der Waals surface area contributed by atoms with Gasteiger partial charge in [0.25, 0.3) is 0 Å². The summed E-state index contributed by atoms with van der Waals surface area (Å²) in [5.41, 5.74) is 2.27. The number of nitrogens with zero attached hydrogens (tertiary/aromatic N) is 2. The lowest BCUT2D eigenvalue weighted by atomic mass is 10.0. The molecular formula is C13H7Cl3N2. The Kier molecular flexibility index (Phi) is 4.08. The zero-order valence-electron chi connectivity index (χ0n) is 9.12. The molecule has 1 aromatic heterocycles. The minimum Gasteiger partial charge on any atom is -0.256 e. The second-order valence-corrected chi connectivity index (χ2v) is 4.79. The number of halogens is 3. The Morgan fingerprint density at radius 3 is 2.44 bits per heavy atom. The molecule has 90 valence electrons. The Morgan fingerprint density at radius 2 is 1.83 bits per heavy atom. The highest BCUT2D eigenvalue weighted by atomic mass is 35.5. The fourth-order valence-corrected chi connectivity index (χ4v) is 2.21. The molecule has 0 unspecified atom stereocenters. The van der Waals surface area contributed by atoms with Gasteiger partial charge >= 0.3 is 0 Å². The zero-order chi connectivity index (χ0) is 13.1.